The number of benzene rings is 2. The van der Waals surface area contributed by atoms with Crippen molar-refractivity contribution < 1.29 is 4.79 Å². The Bertz CT molecular complexity index is 589. The normalized spacial score (nSPS) is 20.2. The molecule has 0 radical (unpaired) electrons. The topological polar surface area (TPSA) is 41.1 Å². The van der Waals surface area contributed by atoms with Crippen LogP contribution in [-0.4, -0.2) is 19.0 Å². The Labute approximate surface area is 137 Å². The van der Waals surface area contributed by atoms with Gasteiger partial charge in [-0.1, -0.05) is 60.7 Å². The number of halogens is 1. The number of nitrogens with one attached hydrogen (secondary N) is 2. The SMILES string of the molecule is Cl.O=C(NCc1ccccc1)C1CNCC1c1ccccc1. The zero-order valence-corrected chi connectivity index (χ0v) is 13.2. The van der Waals surface area contributed by atoms with Crippen molar-refractivity contribution in [2.24, 2.45) is 5.92 Å². The molecule has 116 valence electrons. The van der Waals surface area contributed by atoms with Gasteiger partial charge in [-0.2, -0.15) is 0 Å². The molecule has 0 saturated carbocycles. The molecule has 0 aliphatic carbocycles. The molecule has 3 nitrogen and oxygen atoms in total. The van der Waals surface area contributed by atoms with Crippen LogP contribution in [0.3, 0.4) is 0 Å². The molecule has 3 rings (SSSR count). The van der Waals surface area contributed by atoms with Gasteiger partial charge in [0.05, 0.1) is 5.92 Å². The van der Waals surface area contributed by atoms with Gasteiger partial charge in [0.1, 0.15) is 0 Å². The molecule has 1 heterocycles. The van der Waals surface area contributed by atoms with Crippen molar-refractivity contribution >= 4 is 18.3 Å². The van der Waals surface area contributed by atoms with Crippen molar-refractivity contribution in [2.45, 2.75) is 12.5 Å². The van der Waals surface area contributed by atoms with Gasteiger partial charge in [0.25, 0.3) is 0 Å². The van der Waals surface area contributed by atoms with E-state index in [1.807, 2.05) is 48.5 Å². The van der Waals surface area contributed by atoms with E-state index in [0.29, 0.717) is 6.54 Å². The third-order valence-electron chi connectivity index (χ3n) is 4.09. The lowest BCUT2D eigenvalue weighted by molar-refractivity contribution is -0.125. The molecule has 1 aliphatic heterocycles. The second-order valence-electron chi connectivity index (χ2n) is 5.49. The summed E-state index contributed by atoms with van der Waals surface area (Å²) >= 11 is 0. The molecule has 1 fully saturated rings. The Morgan fingerprint density at radius 3 is 2.32 bits per heavy atom. The van der Waals surface area contributed by atoms with Gasteiger partial charge in [-0.15, -0.1) is 12.4 Å². The summed E-state index contributed by atoms with van der Waals surface area (Å²) in [6, 6.07) is 20.3. The molecule has 0 spiro atoms. The third kappa shape index (κ3) is 3.87. The Kier molecular flexibility index (Phi) is 5.99. The van der Waals surface area contributed by atoms with Crippen LogP contribution in [0.15, 0.2) is 60.7 Å². The van der Waals surface area contributed by atoms with Crippen LogP contribution in [0, 0.1) is 5.92 Å². The van der Waals surface area contributed by atoms with E-state index in [0.717, 1.165) is 18.7 Å². The molecule has 1 aliphatic rings. The lowest BCUT2D eigenvalue weighted by Crippen LogP contribution is -2.33. The first-order chi connectivity index (χ1) is 10.3. The van der Waals surface area contributed by atoms with E-state index in [9.17, 15) is 4.79 Å². The number of carbonyl (C=O) groups is 1. The van der Waals surface area contributed by atoms with Crippen molar-refractivity contribution in [1.29, 1.82) is 0 Å². The zero-order valence-electron chi connectivity index (χ0n) is 12.4. The van der Waals surface area contributed by atoms with Crippen LogP contribution in [-0.2, 0) is 11.3 Å². The molecule has 2 aromatic rings. The van der Waals surface area contributed by atoms with Crippen molar-refractivity contribution in [3.63, 3.8) is 0 Å². The highest BCUT2D eigenvalue weighted by Gasteiger charge is 2.33. The first kappa shape index (κ1) is 16.5. The molecular formula is C18H21ClN2O. The molecule has 0 aromatic heterocycles. The number of amides is 1. The van der Waals surface area contributed by atoms with Crippen LogP contribution < -0.4 is 10.6 Å². The van der Waals surface area contributed by atoms with Gasteiger partial charge in [0, 0.05) is 25.6 Å². The average Bonchev–Trinajstić information content (AvgIpc) is 3.04. The second-order valence-corrected chi connectivity index (χ2v) is 5.49. The Balaban J connectivity index is 0.00000176. The van der Waals surface area contributed by atoms with Gasteiger partial charge in [0.15, 0.2) is 0 Å². The summed E-state index contributed by atoms with van der Waals surface area (Å²) < 4.78 is 0. The largest absolute Gasteiger partial charge is 0.352 e. The molecule has 4 heteroatoms. The maximum Gasteiger partial charge on any atom is 0.225 e. The fraction of sp³-hybridized carbons (Fsp3) is 0.278. The molecule has 1 saturated heterocycles. The quantitative estimate of drug-likeness (QED) is 0.910. The van der Waals surface area contributed by atoms with Crippen LogP contribution in [0.4, 0.5) is 0 Å². The van der Waals surface area contributed by atoms with Gasteiger partial charge in [-0.05, 0) is 11.1 Å². The number of carbonyl (C=O) groups excluding carboxylic acids is 1. The standard InChI is InChI=1S/C18H20N2O.ClH/c21-18(20-11-14-7-3-1-4-8-14)17-13-19-12-16(17)15-9-5-2-6-10-15;/h1-10,16-17,19H,11-13H2,(H,20,21);1H. The van der Waals surface area contributed by atoms with Crippen LogP contribution in [0.5, 0.6) is 0 Å². The summed E-state index contributed by atoms with van der Waals surface area (Å²) in [4.78, 5) is 12.5. The molecule has 2 unspecified atom stereocenters. The molecule has 2 atom stereocenters. The van der Waals surface area contributed by atoms with E-state index in [2.05, 4.69) is 22.8 Å². The smallest absolute Gasteiger partial charge is 0.225 e. The highest BCUT2D eigenvalue weighted by atomic mass is 35.5. The fourth-order valence-electron chi connectivity index (χ4n) is 2.92. The Hall–Kier alpha value is -1.84. The predicted octanol–water partition coefficient (Wildman–Crippen LogP) is 2.73. The molecule has 2 aromatic carbocycles. The number of hydrogen-bond acceptors (Lipinski definition) is 2. The van der Waals surface area contributed by atoms with Crippen LogP contribution in [0.1, 0.15) is 17.0 Å². The van der Waals surface area contributed by atoms with E-state index in [4.69, 9.17) is 0 Å². The van der Waals surface area contributed by atoms with Crippen LogP contribution in [0.25, 0.3) is 0 Å². The number of rotatable bonds is 4. The summed E-state index contributed by atoms with van der Waals surface area (Å²) in [6.45, 7) is 2.21. The lowest BCUT2D eigenvalue weighted by atomic mass is 9.88. The van der Waals surface area contributed by atoms with Crippen molar-refractivity contribution in [2.75, 3.05) is 13.1 Å². The van der Waals surface area contributed by atoms with E-state index < -0.39 is 0 Å². The van der Waals surface area contributed by atoms with Crippen LogP contribution in [0.2, 0.25) is 0 Å². The van der Waals surface area contributed by atoms with E-state index >= 15 is 0 Å². The summed E-state index contributed by atoms with van der Waals surface area (Å²) in [6.07, 6.45) is 0. The van der Waals surface area contributed by atoms with E-state index in [1.54, 1.807) is 0 Å². The Morgan fingerprint density at radius 2 is 1.64 bits per heavy atom. The Morgan fingerprint density at radius 1 is 1.00 bits per heavy atom. The van der Waals surface area contributed by atoms with Crippen molar-refractivity contribution in [3.05, 3.63) is 71.8 Å². The van der Waals surface area contributed by atoms with E-state index in [-0.39, 0.29) is 30.2 Å². The van der Waals surface area contributed by atoms with Gasteiger partial charge in [-0.25, -0.2) is 0 Å². The monoisotopic (exact) mass is 316 g/mol. The summed E-state index contributed by atoms with van der Waals surface area (Å²) in [5, 5.41) is 6.40. The summed E-state index contributed by atoms with van der Waals surface area (Å²) in [7, 11) is 0. The first-order valence-corrected chi connectivity index (χ1v) is 7.42. The van der Waals surface area contributed by atoms with Gasteiger partial charge in [0.2, 0.25) is 5.91 Å². The minimum atomic E-state index is 0. The highest BCUT2D eigenvalue weighted by molar-refractivity contribution is 5.85. The molecule has 22 heavy (non-hydrogen) atoms. The zero-order chi connectivity index (χ0) is 14.5. The molecule has 2 N–H and O–H groups in total. The van der Waals surface area contributed by atoms with Crippen LogP contribution >= 0.6 is 12.4 Å². The molecule has 1 amide bonds. The average molecular weight is 317 g/mol. The lowest BCUT2D eigenvalue weighted by Gasteiger charge is -2.18. The maximum atomic E-state index is 12.5. The summed E-state index contributed by atoms with van der Waals surface area (Å²) in [5.74, 6) is 0.413. The first-order valence-electron chi connectivity index (χ1n) is 7.42. The van der Waals surface area contributed by atoms with Crippen molar-refractivity contribution in [3.8, 4) is 0 Å². The third-order valence-corrected chi connectivity index (χ3v) is 4.09. The molecule has 0 bridgehead atoms. The minimum Gasteiger partial charge on any atom is -0.352 e. The highest BCUT2D eigenvalue weighted by Crippen LogP contribution is 2.28. The second kappa shape index (κ2) is 7.97. The molecular weight excluding hydrogens is 296 g/mol. The van der Waals surface area contributed by atoms with Gasteiger partial charge in [-0.3, -0.25) is 4.79 Å². The summed E-state index contributed by atoms with van der Waals surface area (Å²) in [5.41, 5.74) is 2.37. The number of hydrogen-bond donors (Lipinski definition) is 2. The van der Waals surface area contributed by atoms with Crippen molar-refractivity contribution in [1.82, 2.24) is 10.6 Å². The fourth-order valence-corrected chi connectivity index (χ4v) is 2.92. The minimum absolute atomic E-state index is 0. The van der Waals surface area contributed by atoms with Gasteiger partial charge < -0.3 is 10.6 Å². The predicted molar refractivity (Wildman–Crippen MR) is 91.1 cm³/mol. The van der Waals surface area contributed by atoms with Gasteiger partial charge >= 0.3 is 0 Å². The maximum absolute atomic E-state index is 12.5. The van der Waals surface area contributed by atoms with E-state index in [1.165, 1.54) is 5.56 Å².